The van der Waals surface area contributed by atoms with Crippen LogP contribution in [0.15, 0.2) is 18.2 Å². The van der Waals surface area contributed by atoms with Crippen molar-refractivity contribution in [3.8, 4) is 5.75 Å². The Morgan fingerprint density at radius 3 is 2.54 bits per heavy atom. The number of nitrogen functional groups attached to an aromatic ring is 1. The van der Waals surface area contributed by atoms with Gasteiger partial charge < -0.3 is 9.92 Å². The summed E-state index contributed by atoms with van der Waals surface area (Å²) in [5, 5.41) is 0.172. The van der Waals surface area contributed by atoms with Crippen LogP contribution in [0.1, 0.15) is 0 Å². The number of anilines is 1. The number of halogens is 1. The first-order chi connectivity index (χ1) is 5.90. The zero-order valence-corrected chi connectivity index (χ0v) is 8.39. The van der Waals surface area contributed by atoms with Crippen LogP contribution in [0.2, 0.25) is 5.02 Å². The number of para-hydroxylation sites is 1. The van der Waals surface area contributed by atoms with E-state index in [-0.39, 0.29) is 16.5 Å². The van der Waals surface area contributed by atoms with Crippen molar-refractivity contribution in [3.05, 3.63) is 23.2 Å². The number of hydrogen-bond donors (Lipinski definition) is 1. The van der Waals surface area contributed by atoms with Crippen LogP contribution < -0.4 is 9.92 Å². The molecule has 0 unspecified atom stereocenters. The fourth-order valence-corrected chi connectivity index (χ4v) is 1.52. The van der Waals surface area contributed by atoms with E-state index in [1.54, 1.807) is 6.07 Å². The van der Waals surface area contributed by atoms with E-state index in [1.807, 2.05) is 0 Å². The Morgan fingerprint density at radius 1 is 1.46 bits per heavy atom. The highest BCUT2D eigenvalue weighted by atomic mass is 35.5. The summed E-state index contributed by atoms with van der Waals surface area (Å²) in [5.41, 5.74) is 5.65. The molecule has 0 radical (unpaired) electrons. The van der Waals surface area contributed by atoms with Crippen LogP contribution in [0.25, 0.3) is 0 Å². The van der Waals surface area contributed by atoms with Crippen molar-refractivity contribution < 1.29 is 12.6 Å². The SMILES string of the molecule is CS(=O)(=O)Oc1c(N)cccc1Cl. The van der Waals surface area contributed by atoms with Gasteiger partial charge in [-0.3, -0.25) is 0 Å². The Morgan fingerprint density at radius 2 is 2.08 bits per heavy atom. The summed E-state index contributed by atoms with van der Waals surface area (Å²) in [6, 6.07) is 4.61. The van der Waals surface area contributed by atoms with E-state index in [1.165, 1.54) is 12.1 Å². The lowest BCUT2D eigenvalue weighted by atomic mass is 10.3. The van der Waals surface area contributed by atoms with Crippen molar-refractivity contribution in [1.29, 1.82) is 0 Å². The maximum atomic E-state index is 10.8. The minimum absolute atomic E-state index is 0.0216. The van der Waals surface area contributed by atoms with Crippen molar-refractivity contribution in [2.45, 2.75) is 0 Å². The Kier molecular flexibility index (Phi) is 2.68. The summed E-state index contributed by atoms with van der Waals surface area (Å²) in [7, 11) is -3.59. The molecule has 0 atom stereocenters. The first-order valence-corrected chi connectivity index (χ1v) is 5.53. The molecule has 1 rings (SSSR count). The predicted octanol–water partition coefficient (Wildman–Crippen LogP) is 1.26. The minimum Gasteiger partial charge on any atom is -0.396 e. The van der Waals surface area contributed by atoms with Crippen LogP contribution in [0, 0.1) is 0 Å². The smallest absolute Gasteiger partial charge is 0.306 e. The highest BCUT2D eigenvalue weighted by Crippen LogP contribution is 2.31. The van der Waals surface area contributed by atoms with Gasteiger partial charge in [0.1, 0.15) is 0 Å². The zero-order chi connectivity index (χ0) is 10.1. The van der Waals surface area contributed by atoms with Gasteiger partial charge in [0.15, 0.2) is 5.75 Å². The molecular formula is C7H8ClNO3S. The lowest BCUT2D eigenvalue weighted by molar-refractivity contribution is 0.494. The lowest BCUT2D eigenvalue weighted by Gasteiger charge is -2.06. The van der Waals surface area contributed by atoms with Gasteiger partial charge in [-0.25, -0.2) is 0 Å². The summed E-state index contributed by atoms with van der Waals surface area (Å²) >= 11 is 5.67. The van der Waals surface area contributed by atoms with E-state index in [0.29, 0.717) is 0 Å². The second-order valence-corrected chi connectivity index (χ2v) is 4.43. The van der Waals surface area contributed by atoms with Crippen LogP contribution >= 0.6 is 11.6 Å². The third-order valence-electron chi connectivity index (χ3n) is 1.23. The van der Waals surface area contributed by atoms with Crippen LogP contribution in [0.4, 0.5) is 5.69 Å². The molecule has 2 N–H and O–H groups in total. The van der Waals surface area contributed by atoms with Crippen LogP contribution in [-0.2, 0) is 10.1 Å². The minimum atomic E-state index is -3.59. The summed E-state index contributed by atoms with van der Waals surface area (Å²) in [5.74, 6) is -0.0216. The van der Waals surface area contributed by atoms with Crippen molar-refractivity contribution in [2.24, 2.45) is 0 Å². The number of hydrogen-bond acceptors (Lipinski definition) is 4. The van der Waals surface area contributed by atoms with Crippen LogP contribution in [0.5, 0.6) is 5.75 Å². The molecule has 0 bridgehead atoms. The molecule has 72 valence electrons. The predicted molar refractivity (Wildman–Crippen MR) is 51.3 cm³/mol. The van der Waals surface area contributed by atoms with E-state index in [9.17, 15) is 8.42 Å². The summed E-state index contributed by atoms with van der Waals surface area (Å²) < 4.78 is 26.1. The van der Waals surface area contributed by atoms with Gasteiger partial charge in [0.25, 0.3) is 0 Å². The molecular weight excluding hydrogens is 214 g/mol. The number of nitrogens with two attached hydrogens (primary N) is 1. The Bertz CT molecular complexity index is 395. The molecule has 0 aliphatic carbocycles. The average molecular weight is 222 g/mol. The maximum absolute atomic E-state index is 10.8. The third kappa shape index (κ3) is 2.78. The highest BCUT2D eigenvalue weighted by molar-refractivity contribution is 7.86. The van der Waals surface area contributed by atoms with Gasteiger partial charge in [-0.05, 0) is 12.1 Å². The lowest BCUT2D eigenvalue weighted by Crippen LogP contribution is -2.07. The fourth-order valence-electron chi connectivity index (χ4n) is 0.765. The molecule has 0 aromatic heterocycles. The number of rotatable bonds is 2. The molecule has 0 heterocycles. The first kappa shape index (κ1) is 10.1. The van der Waals surface area contributed by atoms with Crippen molar-refractivity contribution >= 4 is 27.4 Å². The summed E-state index contributed by atoms with van der Waals surface area (Å²) in [6.45, 7) is 0. The van der Waals surface area contributed by atoms with E-state index in [0.717, 1.165) is 6.26 Å². The molecule has 1 aromatic carbocycles. The normalized spacial score (nSPS) is 11.2. The third-order valence-corrected chi connectivity index (χ3v) is 2.00. The molecule has 4 nitrogen and oxygen atoms in total. The molecule has 0 spiro atoms. The van der Waals surface area contributed by atoms with E-state index in [2.05, 4.69) is 4.18 Å². The second kappa shape index (κ2) is 3.43. The topological polar surface area (TPSA) is 69.4 Å². The molecule has 6 heteroatoms. The van der Waals surface area contributed by atoms with Crippen LogP contribution in [-0.4, -0.2) is 14.7 Å². The van der Waals surface area contributed by atoms with Crippen molar-refractivity contribution in [1.82, 2.24) is 0 Å². The Balaban J connectivity index is 3.15. The monoisotopic (exact) mass is 221 g/mol. The molecule has 1 aromatic rings. The fraction of sp³-hybridized carbons (Fsp3) is 0.143. The molecule has 0 aliphatic heterocycles. The molecule has 0 aliphatic rings. The molecule has 13 heavy (non-hydrogen) atoms. The van der Waals surface area contributed by atoms with Gasteiger partial charge in [-0.2, -0.15) is 8.42 Å². The van der Waals surface area contributed by atoms with Gasteiger partial charge in [0, 0.05) is 0 Å². The summed E-state index contributed by atoms with van der Waals surface area (Å²) in [4.78, 5) is 0. The van der Waals surface area contributed by atoms with Crippen LogP contribution in [0.3, 0.4) is 0 Å². The maximum Gasteiger partial charge on any atom is 0.306 e. The quantitative estimate of drug-likeness (QED) is 0.603. The molecule has 0 fully saturated rings. The van der Waals surface area contributed by atoms with Crippen molar-refractivity contribution in [3.63, 3.8) is 0 Å². The average Bonchev–Trinajstić information content (AvgIpc) is 1.95. The summed E-state index contributed by atoms with van der Waals surface area (Å²) in [6.07, 6.45) is 0.926. The Labute approximate surface area is 81.4 Å². The molecule has 0 saturated heterocycles. The van der Waals surface area contributed by atoms with Crippen molar-refractivity contribution in [2.75, 3.05) is 12.0 Å². The van der Waals surface area contributed by atoms with Gasteiger partial charge >= 0.3 is 10.1 Å². The van der Waals surface area contributed by atoms with Gasteiger partial charge in [-0.15, -0.1) is 0 Å². The van der Waals surface area contributed by atoms with E-state index >= 15 is 0 Å². The number of benzene rings is 1. The van der Waals surface area contributed by atoms with Gasteiger partial charge in [0.2, 0.25) is 0 Å². The van der Waals surface area contributed by atoms with Gasteiger partial charge in [-0.1, -0.05) is 17.7 Å². The van der Waals surface area contributed by atoms with Gasteiger partial charge in [0.05, 0.1) is 17.0 Å². The Hall–Kier alpha value is -0.940. The second-order valence-electron chi connectivity index (χ2n) is 2.45. The van der Waals surface area contributed by atoms with E-state index in [4.69, 9.17) is 17.3 Å². The zero-order valence-electron chi connectivity index (χ0n) is 6.82. The molecule has 0 saturated carbocycles. The highest BCUT2D eigenvalue weighted by Gasteiger charge is 2.11. The van der Waals surface area contributed by atoms with E-state index < -0.39 is 10.1 Å². The largest absolute Gasteiger partial charge is 0.396 e. The standard InChI is InChI=1S/C7H8ClNO3S/c1-13(10,11)12-7-5(8)3-2-4-6(7)9/h2-4H,9H2,1H3. The molecule has 0 amide bonds. The first-order valence-electron chi connectivity index (χ1n) is 3.33.